The molecule has 1 N–H and O–H groups in total. The van der Waals surface area contributed by atoms with E-state index in [0.29, 0.717) is 13.1 Å². The van der Waals surface area contributed by atoms with Gasteiger partial charge in [-0.1, -0.05) is 18.2 Å². The van der Waals surface area contributed by atoms with E-state index in [9.17, 15) is 9.18 Å². The Morgan fingerprint density at radius 3 is 2.60 bits per heavy atom. The predicted molar refractivity (Wildman–Crippen MR) is 95.8 cm³/mol. The van der Waals surface area contributed by atoms with Crippen molar-refractivity contribution in [1.82, 2.24) is 15.2 Å². The van der Waals surface area contributed by atoms with Crippen LogP contribution in [0.5, 0.6) is 0 Å². The molecule has 1 aromatic heterocycles. The highest BCUT2D eigenvalue weighted by Gasteiger charge is 2.32. The Morgan fingerprint density at radius 1 is 1.24 bits per heavy atom. The summed E-state index contributed by atoms with van der Waals surface area (Å²) < 4.78 is 13.1. The molecule has 1 saturated carbocycles. The first-order valence-electron chi connectivity index (χ1n) is 8.44. The van der Waals surface area contributed by atoms with Gasteiger partial charge in [-0.05, 0) is 36.6 Å². The maximum atomic E-state index is 13.1. The molecule has 1 aromatic carbocycles. The van der Waals surface area contributed by atoms with Crippen molar-refractivity contribution in [2.24, 2.45) is 0 Å². The molecule has 0 unspecified atom stereocenters. The van der Waals surface area contributed by atoms with E-state index >= 15 is 0 Å². The van der Waals surface area contributed by atoms with E-state index in [0.717, 1.165) is 29.8 Å². The van der Waals surface area contributed by atoms with Gasteiger partial charge in [0.15, 0.2) is 0 Å². The molecule has 2 aromatic rings. The van der Waals surface area contributed by atoms with Crippen molar-refractivity contribution in [3.8, 4) is 0 Å². The molecule has 0 spiro atoms. The highest BCUT2D eigenvalue weighted by molar-refractivity contribution is 5.75. The first kappa shape index (κ1) is 17.2. The number of carbonyl (C=O) groups is 1. The van der Waals surface area contributed by atoms with Crippen LogP contribution in [0.4, 0.5) is 15.0 Å². The number of hydrogen-bond acceptors (Lipinski definition) is 3. The van der Waals surface area contributed by atoms with Crippen LogP contribution in [0, 0.1) is 5.82 Å². The Hall–Kier alpha value is -2.63. The van der Waals surface area contributed by atoms with E-state index < -0.39 is 0 Å². The molecule has 1 aliphatic carbocycles. The fourth-order valence-corrected chi connectivity index (χ4v) is 2.78. The average molecular weight is 342 g/mol. The quantitative estimate of drug-likeness (QED) is 0.877. The second-order valence-electron chi connectivity index (χ2n) is 6.52. The maximum Gasteiger partial charge on any atom is 0.318 e. The minimum absolute atomic E-state index is 0.0969. The van der Waals surface area contributed by atoms with Gasteiger partial charge in [-0.2, -0.15) is 0 Å². The van der Waals surface area contributed by atoms with Crippen molar-refractivity contribution in [2.45, 2.75) is 32.0 Å². The van der Waals surface area contributed by atoms with Gasteiger partial charge in [0.25, 0.3) is 0 Å². The predicted octanol–water partition coefficient (Wildman–Crippen LogP) is 3.16. The lowest BCUT2D eigenvalue weighted by atomic mass is 10.2. The van der Waals surface area contributed by atoms with E-state index in [1.807, 2.05) is 36.0 Å². The van der Waals surface area contributed by atoms with Crippen LogP contribution in [-0.4, -0.2) is 36.1 Å². The number of pyridine rings is 1. The van der Waals surface area contributed by atoms with Gasteiger partial charge in [0.2, 0.25) is 0 Å². The third-order valence-corrected chi connectivity index (χ3v) is 4.24. The lowest BCUT2D eigenvalue weighted by Gasteiger charge is -2.24. The standard InChI is InChI=1S/C19H23FN4O/c1-23(2)18-15(4-3-11-21-18)12-22-19(25)24(17-9-10-17)13-14-5-7-16(20)8-6-14/h3-8,11,17H,9-10,12-13H2,1-2H3,(H,22,25). The lowest BCUT2D eigenvalue weighted by molar-refractivity contribution is 0.191. The second kappa shape index (κ2) is 7.51. The number of halogens is 1. The summed E-state index contributed by atoms with van der Waals surface area (Å²) >= 11 is 0. The van der Waals surface area contributed by atoms with E-state index in [2.05, 4.69) is 10.3 Å². The number of urea groups is 1. The molecule has 1 heterocycles. The Bertz CT molecular complexity index is 728. The van der Waals surface area contributed by atoms with Crippen LogP contribution < -0.4 is 10.2 Å². The van der Waals surface area contributed by atoms with Crippen LogP contribution in [-0.2, 0) is 13.1 Å². The maximum absolute atomic E-state index is 13.1. The van der Waals surface area contributed by atoms with Gasteiger partial charge in [0, 0.05) is 45.0 Å². The second-order valence-corrected chi connectivity index (χ2v) is 6.52. The van der Waals surface area contributed by atoms with Gasteiger partial charge in [-0.3, -0.25) is 0 Å². The summed E-state index contributed by atoms with van der Waals surface area (Å²) in [5.41, 5.74) is 1.90. The van der Waals surface area contributed by atoms with Crippen molar-refractivity contribution in [3.63, 3.8) is 0 Å². The van der Waals surface area contributed by atoms with Crippen LogP contribution in [0.25, 0.3) is 0 Å². The van der Waals surface area contributed by atoms with E-state index in [1.165, 1.54) is 12.1 Å². The third kappa shape index (κ3) is 4.47. The van der Waals surface area contributed by atoms with Gasteiger partial charge in [-0.25, -0.2) is 14.2 Å². The van der Waals surface area contributed by atoms with Gasteiger partial charge < -0.3 is 15.1 Å². The average Bonchev–Trinajstić information content (AvgIpc) is 3.44. The Balaban J connectivity index is 1.65. The Morgan fingerprint density at radius 2 is 1.96 bits per heavy atom. The number of nitrogens with zero attached hydrogens (tertiary/aromatic N) is 3. The number of anilines is 1. The molecule has 25 heavy (non-hydrogen) atoms. The molecule has 0 atom stereocenters. The number of carbonyl (C=O) groups excluding carboxylic acids is 1. The number of nitrogens with one attached hydrogen (secondary N) is 1. The number of aromatic nitrogens is 1. The smallest absolute Gasteiger partial charge is 0.318 e. The highest BCUT2D eigenvalue weighted by atomic mass is 19.1. The molecule has 1 fully saturated rings. The normalized spacial score (nSPS) is 13.4. The molecule has 5 nitrogen and oxygen atoms in total. The first-order chi connectivity index (χ1) is 12.0. The molecule has 132 valence electrons. The molecule has 1 aliphatic rings. The van der Waals surface area contributed by atoms with Crippen molar-refractivity contribution < 1.29 is 9.18 Å². The van der Waals surface area contributed by atoms with Crippen LogP contribution >= 0.6 is 0 Å². The van der Waals surface area contributed by atoms with Crippen LogP contribution in [0.3, 0.4) is 0 Å². The molecule has 0 saturated heterocycles. The summed E-state index contributed by atoms with van der Waals surface area (Å²) in [5.74, 6) is 0.582. The van der Waals surface area contributed by atoms with Crippen molar-refractivity contribution in [1.29, 1.82) is 0 Å². The summed E-state index contributed by atoms with van der Waals surface area (Å²) in [4.78, 5) is 20.8. The first-order valence-corrected chi connectivity index (χ1v) is 8.44. The van der Waals surface area contributed by atoms with Gasteiger partial charge in [0.05, 0.1) is 0 Å². The van der Waals surface area contributed by atoms with Crippen LogP contribution in [0.15, 0.2) is 42.6 Å². The minimum Gasteiger partial charge on any atom is -0.362 e. The number of amides is 2. The van der Waals surface area contributed by atoms with Crippen LogP contribution in [0.2, 0.25) is 0 Å². The minimum atomic E-state index is -0.265. The van der Waals surface area contributed by atoms with Crippen molar-refractivity contribution in [2.75, 3.05) is 19.0 Å². The number of rotatable bonds is 6. The SMILES string of the molecule is CN(C)c1ncccc1CNC(=O)N(Cc1ccc(F)cc1)C1CC1. The largest absolute Gasteiger partial charge is 0.362 e. The van der Waals surface area contributed by atoms with E-state index in [-0.39, 0.29) is 17.9 Å². The van der Waals surface area contributed by atoms with E-state index in [1.54, 1.807) is 18.3 Å². The van der Waals surface area contributed by atoms with Gasteiger partial charge in [0.1, 0.15) is 11.6 Å². The Labute approximate surface area is 147 Å². The fourth-order valence-electron chi connectivity index (χ4n) is 2.78. The molecule has 2 amide bonds. The number of benzene rings is 1. The zero-order valence-electron chi connectivity index (χ0n) is 14.6. The number of hydrogen-bond donors (Lipinski definition) is 1. The van der Waals surface area contributed by atoms with Crippen molar-refractivity contribution >= 4 is 11.8 Å². The molecule has 0 radical (unpaired) electrons. The summed E-state index contributed by atoms with van der Waals surface area (Å²) in [6.45, 7) is 0.914. The Kier molecular flexibility index (Phi) is 5.16. The lowest BCUT2D eigenvalue weighted by Crippen LogP contribution is -2.40. The van der Waals surface area contributed by atoms with E-state index in [4.69, 9.17) is 0 Å². The molecule has 0 bridgehead atoms. The highest BCUT2D eigenvalue weighted by Crippen LogP contribution is 2.28. The summed E-state index contributed by atoms with van der Waals surface area (Å²) in [6, 6.07) is 10.3. The van der Waals surface area contributed by atoms with Crippen LogP contribution in [0.1, 0.15) is 24.0 Å². The fraction of sp³-hybridized carbons (Fsp3) is 0.368. The van der Waals surface area contributed by atoms with Gasteiger partial charge >= 0.3 is 6.03 Å². The zero-order valence-corrected chi connectivity index (χ0v) is 14.6. The summed E-state index contributed by atoms with van der Waals surface area (Å²) in [6.07, 6.45) is 3.78. The molecule has 3 rings (SSSR count). The third-order valence-electron chi connectivity index (χ3n) is 4.24. The molecular weight excluding hydrogens is 319 g/mol. The molecule has 6 heteroatoms. The van der Waals surface area contributed by atoms with Gasteiger partial charge in [-0.15, -0.1) is 0 Å². The molecule has 0 aliphatic heterocycles. The molecular formula is C19H23FN4O. The summed E-state index contributed by atoms with van der Waals surface area (Å²) in [7, 11) is 3.86. The topological polar surface area (TPSA) is 48.5 Å². The summed E-state index contributed by atoms with van der Waals surface area (Å²) in [5, 5.41) is 2.99. The van der Waals surface area contributed by atoms with Crippen molar-refractivity contribution in [3.05, 3.63) is 59.5 Å². The zero-order chi connectivity index (χ0) is 17.8. The monoisotopic (exact) mass is 342 g/mol.